The molecule has 0 radical (unpaired) electrons. The van der Waals surface area contributed by atoms with Gasteiger partial charge in [-0.2, -0.15) is 0 Å². The summed E-state index contributed by atoms with van der Waals surface area (Å²) in [7, 11) is 1.46. The van der Waals surface area contributed by atoms with Crippen LogP contribution in [0.1, 0.15) is 35.3 Å². The zero-order chi connectivity index (χ0) is 21.6. The molecule has 1 N–H and O–H groups in total. The van der Waals surface area contributed by atoms with Crippen LogP contribution in [0.3, 0.4) is 0 Å². The van der Waals surface area contributed by atoms with Crippen molar-refractivity contribution in [3.63, 3.8) is 0 Å². The molecule has 0 heterocycles. The number of hydrogen-bond donors (Lipinski definition) is 1. The molecule has 0 bridgehead atoms. The quantitative estimate of drug-likeness (QED) is 0.622. The number of amides is 1. The van der Waals surface area contributed by atoms with E-state index in [2.05, 4.69) is 5.32 Å². The fourth-order valence-corrected chi connectivity index (χ4v) is 2.78. The van der Waals surface area contributed by atoms with Crippen molar-refractivity contribution in [2.45, 2.75) is 27.7 Å². The van der Waals surface area contributed by atoms with Crippen LogP contribution in [-0.4, -0.2) is 32.2 Å². The van der Waals surface area contributed by atoms with Gasteiger partial charge >= 0.3 is 5.97 Å². The van der Waals surface area contributed by atoms with Crippen LogP contribution in [0.25, 0.3) is 0 Å². The maximum Gasteiger partial charge on any atom is 0.338 e. The van der Waals surface area contributed by atoms with Crippen molar-refractivity contribution in [3.8, 4) is 11.5 Å². The Morgan fingerprint density at radius 2 is 1.90 bits per heavy atom. The molecule has 156 valence electrons. The maximum absolute atomic E-state index is 12.4. The lowest BCUT2D eigenvalue weighted by molar-refractivity contribution is -0.119. The van der Waals surface area contributed by atoms with Crippen LogP contribution in [0.5, 0.6) is 11.5 Å². The van der Waals surface area contributed by atoms with Crippen LogP contribution >= 0.6 is 11.6 Å². The van der Waals surface area contributed by atoms with E-state index in [0.717, 1.165) is 11.1 Å². The van der Waals surface area contributed by atoms with Gasteiger partial charge in [0.05, 0.1) is 24.3 Å². The van der Waals surface area contributed by atoms with Crippen molar-refractivity contribution < 1.29 is 23.8 Å². The highest BCUT2D eigenvalue weighted by atomic mass is 35.5. The first-order valence-corrected chi connectivity index (χ1v) is 9.64. The second-order valence-corrected chi connectivity index (χ2v) is 7.47. The number of hydrogen-bond acceptors (Lipinski definition) is 5. The van der Waals surface area contributed by atoms with Gasteiger partial charge in [0.1, 0.15) is 0 Å². The summed E-state index contributed by atoms with van der Waals surface area (Å²) >= 11 is 6.25. The number of ether oxygens (including phenoxy) is 3. The third kappa shape index (κ3) is 6.12. The number of carbonyl (C=O) groups is 2. The van der Waals surface area contributed by atoms with Crippen LogP contribution in [0.15, 0.2) is 30.3 Å². The molecule has 2 aromatic carbocycles. The molecular formula is C22H26ClNO5. The number of carbonyl (C=O) groups excluding carboxylic acids is 2. The lowest BCUT2D eigenvalue weighted by Crippen LogP contribution is -2.21. The van der Waals surface area contributed by atoms with Crippen LogP contribution < -0.4 is 14.8 Å². The molecule has 7 heteroatoms. The normalized spacial score (nSPS) is 10.6. The molecule has 0 spiro atoms. The summed E-state index contributed by atoms with van der Waals surface area (Å²) in [6, 6.07) is 8.51. The summed E-state index contributed by atoms with van der Waals surface area (Å²) in [6.45, 7) is 7.92. The Kier molecular flexibility index (Phi) is 7.91. The lowest BCUT2D eigenvalue weighted by atomic mass is 10.1. The highest BCUT2D eigenvalue weighted by Crippen LogP contribution is 2.37. The summed E-state index contributed by atoms with van der Waals surface area (Å²) < 4.78 is 16.1. The zero-order valence-electron chi connectivity index (χ0n) is 17.3. The van der Waals surface area contributed by atoms with Gasteiger partial charge in [0, 0.05) is 5.69 Å². The number of rotatable bonds is 8. The van der Waals surface area contributed by atoms with Crippen LogP contribution in [0.4, 0.5) is 5.69 Å². The molecule has 0 saturated carbocycles. The van der Waals surface area contributed by atoms with E-state index in [1.807, 2.05) is 39.8 Å². The van der Waals surface area contributed by atoms with Crippen molar-refractivity contribution >= 4 is 29.2 Å². The largest absolute Gasteiger partial charge is 0.493 e. The molecular weight excluding hydrogens is 394 g/mol. The number of halogens is 1. The van der Waals surface area contributed by atoms with Gasteiger partial charge in [0.2, 0.25) is 0 Å². The Labute approximate surface area is 176 Å². The van der Waals surface area contributed by atoms with Gasteiger partial charge in [-0.3, -0.25) is 4.79 Å². The Bertz CT molecular complexity index is 895. The van der Waals surface area contributed by atoms with E-state index in [4.69, 9.17) is 25.8 Å². The average molecular weight is 420 g/mol. The molecule has 6 nitrogen and oxygen atoms in total. The molecule has 0 fully saturated rings. The van der Waals surface area contributed by atoms with E-state index in [1.165, 1.54) is 19.2 Å². The maximum atomic E-state index is 12.4. The summed E-state index contributed by atoms with van der Waals surface area (Å²) in [4.78, 5) is 24.5. The predicted molar refractivity (Wildman–Crippen MR) is 113 cm³/mol. The van der Waals surface area contributed by atoms with Gasteiger partial charge in [0.25, 0.3) is 5.91 Å². The third-order valence-corrected chi connectivity index (χ3v) is 4.52. The van der Waals surface area contributed by atoms with Gasteiger partial charge in [0.15, 0.2) is 18.1 Å². The SMILES string of the molecule is COc1cc(C(=O)OCC(=O)Nc2cccc(C)c2C)cc(Cl)c1OCC(C)C. The minimum atomic E-state index is -0.684. The third-order valence-electron chi connectivity index (χ3n) is 4.24. The Hall–Kier alpha value is -2.73. The number of anilines is 1. The van der Waals surface area contributed by atoms with E-state index in [1.54, 1.807) is 6.07 Å². The van der Waals surface area contributed by atoms with E-state index in [0.29, 0.717) is 29.7 Å². The monoisotopic (exact) mass is 419 g/mol. The topological polar surface area (TPSA) is 73.9 Å². The van der Waals surface area contributed by atoms with E-state index >= 15 is 0 Å². The summed E-state index contributed by atoms with van der Waals surface area (Å²) in [5.41, 5.74) is 2.87. The van der Waals surface area contributed by atoms with Crippen molar-refractivity contribution in [2.24, 2.45) is 5.92 Å². The molecule has 0 unspecified atom stereocenters. The molecule has 1 amide bonds. The van der Waals surface area contributed by atoms with Gasteiger partial charge in [-0.05, 0) is 49.1 Å². The zero-order valence-corrected chi connectivity index (χ0v) is 18.1. The molecule has 0 aliphatic carbocycles. The van der Waals surface area contributed by atoms with Gasteiger partial charge in [-0.15, -0.1) is 0 Å². The van der Waals surface area contributed by atoms with Crippen LogP contribution in [0, 0.1) is 19.8 Å². The van der Waals surface area contributed by atoms with Gasteiger partial charge < -0.3 is 19.5 Å². The summed E-state index contributed by atoms with van der Waals surface area (Å²) in [6.07, 6.45) is 0. The first-order chi connectivity index (χ1) is 13.7. The van der Waals surface area contributed by atoms with E-state index in [9.17, 15) is 9.59 Å². The van der Waals surface area contributed by atoms with Crippen LogP contribution in [-0.2, 0) is 9.53 Å². The fraction of sp³-hybridized carbons (Fsp3) is 0.364. The average Bonchev–Trinajstić information content (AvgIpc) is 2.67. The van der Waals surface area contributed by atoms with Crippen molar-refractivity contribution in [3.05, 3.63) is 52.0 Å². The first-order valence-electron chi connectivity index (χ1n) is 9.26. The van der Waals surface area contributed by atoms with E-state index < -0.39 is 18.5 Å². The summed E-state index contributed by atoms with van der Waals surface area (Å²) in [5.74, 6) is -0.119. The van der Waals surface area contributed by atoms with Crippen LogP contribution in [0.2, 0.25) is 5.02 Å². The number of benzene rings is 2. The standard InChI is InChI=1S/C22H26ClNO5/c1-13(2)11-28-21-17(23)9-16(10-19(21)27-5)22(26)29-12-20(25)24-18-8-6-7-14(3)15(18)4/h6-10,13H,11-12H2,1-5H3,(H,24,25). The Balaban J connectivity index is 2.03. The highest BCUT2D eigenvalue weighted by Gasteiger charge is 2.18. The Morgan fingerprint density at radius 1 is 1.17 bits per heavy atom. The number of aryl methyl sites for hydroxylation is 1. The highest BCUT2D eigenvalue weighted by molar-refractivity contribution is 6.32. The fourth-order valence-electron chi connectivity index (χ4n) is 2.51. The van der Waals surface area contributed by atoms with Crippen molar-refractivity contribution in [1.82, 2.24) is 0 Å². The predicted octanol–water partition coefficient (Wildman–Crippen LogP) is 4.80. The molecule has 0 aromatic heterocycles. The second kappa shape index (κ2) is 10.2. The number of esters is 1. The molecule has 29 heavy (non-hydrogen) atoms. The molecule has 0 saturated heterocycles. The van der Waals surface area contributed by atoms with Gasteiger partial charge in [-0.25, -0.2) is 4.79 Å². The molecule has 0 aliphatic rings. The number of methoxy groups -OCH3 is 1. The lowest BCUT2D eigenvalue weighted by Gasteiger charge is -2.15. The van der Waals surface area contributed by atoms with Crippen molar-refractivity contribution in [2.75, 3.05) is 25.6 Å². The number of nitrogens with one attached hydrogen (secondary N) is 1. The smallest absolute Gasteiger partial charge is 0.338 e. The first kappa shape index (κ1) is 22.6. The Morgan fingerprint density at radius 3 is 2.55 bits per heavy atom. The molecule has 2 rings (SSSR count). The minimum absolute atomic E-state index is 0.170. The van der Waals surface area contributed by atoms with Crippen molar-refractivity contribution in [1.29, 1.82) is 0 Å². The minimum Gasteiger partial charge on any atom is -0.493 e. The molecule has 2 aromatic rings. The second-order valence-electron chi connectivity index (χ2n) is 7.07. The summed E-state index contributed by atoms with van der Waals surface area (Å²) in [5, 5.41) is 2.97. The van der Waals surface area contributed by atoms with E-state index in [-0.39, 0.29) is 10.6 Å². The van der Waals surface area contributed by atoms with Gasteiger partial charge in [-0.1, -0.05) is 37.6 Å². The molecule has 0 aliphatic heterocycles. The molecule has 0 atom stereocenters.